The van der Waals surface area contributed by atoms with Gasteiger partial charge in [0.05, 0.1) is 6.26 Å². The molecule has 0 saturated heterocycles. The molecule has 1 N–H and O–H groups in total. The fraction of sp³-hybridized carbons (Fsp3) is 0.346. The molecular formula is C26H31NO3. The van der Waals surface area contributed by atoms with E-state index in [-0.39, 0.29) is 0 Å². The second-order valence-electron chi connectivity index (χ2n) is 7.52. The molecule has 1 heterocycles. The Kier molecular flexibility index (Phi) is 7.86. The van der Waals surface area contributed by atoms with Crippen molar-refractivity contribution in [3.63, 3.8) is 0 Å². The number of nitrogens with zero attached hydrogens (tertiary/aromatic N) is 1. The van der Waals surface area contributed by atoms with Crippen molar-refractivity contribution >= 4 is 11.5 Å². The number of carboxylic acids is 1. The number of benzene rings is 2. The van der Waals surface area contributed by atoms with Crippen LogP contribution in [-0.2, 0) is 22.4 Å². The number of carboxylic acid groups (broad SMARTS) is 1. The molecule has 30 heavy (non-hydrogen) atoms. The first-order valence-corrected chi connectivity index (χ1v) is 10.8. The molecular weight excluding hydrogens is 374 g/mol. The Bertz CT molecular complexity index is 880. The van der Waals surface area contributed by atoms with Crippen LogP contribution in [0.4, 0.5) is 0 Å². The van der Waals surface area contributed by atoms with Gasteiger partial charge in [0.1, 0.15) is 6.61 Å². The van der Waals surface area contributed by atoms with Crippen LogP contribution >= 0.6 is 0 Å². The van der Waals surface area contributed by atoms with Crippen molar-refractivity contribution < 1.29 is 14.6 Å². The van der Waals surface area contributed by atoms with Gasteiger partial charge in [0, 0.05) is 30.8 Å². The van der Waals surface area contributed by atoms with E-state index >= 15 is 0 Å². The Morgan fingerprint density at radius 2 is 1.63 bits per heavy atom. The number of ether oxygens (including phenoxy) is 1. The van der Waals surface area contributed by atoms with E-state index < -0.39 is 5.97 Å². The third kappa shape index (κ3) is 5.39. The normalized spacial score (nSPS) is 14.1. The van der Waals surface area contributed by atoms with Gasteiger partial charge in [0.2, 0.25) is 0 Å². The van der Waals surface area contributed by atoms with Gasteiger partial charge in [-0.05, 0) is 41.5 Å². The van der Waals surface area contributed by atoms with Crippen molar-refractivity contribution in [1.29, 1.82) is 0 Å². The first-order valence-electron chi connectivity index (χ1n) is 10.8. The molecule has 0 unspecified atom stereocenters. The molecule has 2 aromatic carbocycles. The molecule has 0 atom stereocenters. The van der Waals surface area contributed by atoms with Crippen LogP contribution in [0.25, 0.3) is 5.57 Å². The zero-order valence-corrected chi connectivity index (χ0v) is 17.9. The summed E-state index contributed by atoms with van der Waals surface area (Å²) in [5.74, 6) is -0.824. The summed E-state index contributed by atoms with van der Waals surface area (Å²) >= 11 is 0. The van der Waals surface area contributed by atoms with Crippen LogP contribution in [0.15, 0.2) is 66.4 Å². The summed E-state index contributed by atoms with van der Waals surface area (Å²) in [4.78, 5) is 13.4. The van der Waals surface area contributed by atoms with Crippen molar-refractivity contribution in [2.24, 2.45) is 0 Å². The number of carbonyl (C=O) groups is 1. The summed E-state index contributed by atoms with van der Waals surface area (Å²) in [5, 5.41) is 9.22. The summed E-state index contributed by atoms with van der Waals surface area (Å²) in [6.45, 7) is 6.93. The Morgan fingerprint density at radius 3 is 2.20 bits per heavy atom. The van der Waals surface area contributed by atoms with Gasteiger partial charge in [0.15, 0.2) is 0 Å². The minimum Gasteiger partial charge on any atom is -0.499 e. The summed E-state index contributed by atoms with van der Waals surface area (Å²) in [6, 6.07) is 17.0. The highest BCUT2D eigenvalue weighted by Crippen LogP contribution is 2.29. The number of hydrogen-bond acceptors (Lipinski definition) is 3. The maximum Gasteiger partial charge on any atom is 0.332 e. The molecule has 4 heteroatoms. The third-order valence-electron chi connectivity index (χ3n) is 5.61. The maximum atomic E-state index is 11.2. The van der Waals surface area contributed by atoms with Crippen LogP contribution < -0.4 is 0 Å². The van der Waals surface area contributed by atoms with Gasteiger partial charge >= 0.3 is 5.97 Å². The number of aryl methyl sites for hydroxylation is 2. The van der Waals surface area contributed by atoms with Gasteiger partial charge in [-0.2, -0.15) is 0 Å². The summed E-state index contributed by atoms with van der Waals surface area (Å²) in [5.41, 5.74) is 6.59. The maximum absolute atomic E-state index is 11.2. The standard InChI is InChI=1S/C26H31NO3/c1-3-20-10-5-7-13-23(20)25(24-14-8-6-11-21(24)4-2)19-30-17-16-27-15-9-12-22(18-27)26(28)29/h5-8,10-14,19H,3-4,9,15-18H2,1-2H3,(H,28,29). The molecule has 0 radical (unpaired) electrons. The van der Waals surface area contributed by atoms with Crippen LogP contribution in [0.1, 0.15) is 42.5 Å². The van der Waals surface area contributed by atoms with Gasteiger partial charge in [-0.25, -0.2) is 4.79 Å². The minimum absolute atomic E-state index is 0.478. The Hall–Kier alpha value is -2.85. The largest absolute Gasteiger partial charge is 0.499 e. The summed E-state index contributed by atoms with van der Waals surface area (Å²) in [6.07, 6.45) is 6.40. The zero-order chi connectivity index (χ0) is 21.3. The fourth-order valence-corrected chi connectivity index (χ4v) is 3.93. The smallest absolute Gasteiger partial charge is 0.332 e. The van der Waals surface area contributed by atoms with Crippen LogP contribution in [0.5, 0.6) is 0 Å². The molecule has 0 fully saturated rings. The van der Waals surface area contributed by atoms with E-state index in [1.54, 1.807) is 0 Å². The van der Waals surface area contributed by atoms with Gasteiger partial charge in [-0.15, -0.1) is 0 Å². The van der Waals surface area contributed by atoms with E-state index in [1.165, 1.54) is 22.3 Å². The summed E-state index contributed by atoms with van der Waals surface area (Å²) < 4.78 is 6.03. The summed E-state index contributed by atoms with van der Waals surface area (Å²) in [7, 11) is 0. The Labute approximate surface area is 179 Å². The molecule has 0 saturated carbocycles. The average Bonchev–Trinajstić information content (AvgIpc) is 2.79. The molecule has 158 valence electrons. The fourth-order valence-electron chi connectivity index (χ4n) is 3.93. The Morgan fingerprint density at radius 1 is 1.03 bits per heavy atom. The predicted molar refractivity (Wildman–Crippen MR) is 121 cm³/mol. The first-order chi connectivity index (χ1) is 14.6. The lowest BCUT2D eigenvalue weighted by atomic mass is 9.90. The van der Waals surface area contributed by atoms with Crippen molar-refractivity contribution in [3.05, 3.63) is 88.7 Å². The van der Waals surface area contributed by atoms with E-state index in [9.17, 15) is 9.90 Å². The van der Waals surface area contributed by atoms with Gasteiger partial charge in [-0.1, -0.05) is 68.5 Å². The third-order valence-corrected chi connectivity index (χ3v) is 5.61. The SMILES string of the molecule is CCc1ccccc1C(=COCCN1CCC=C(C(=O)O)C1)c1ccccc1CC. The van der Waals surface area contributed by atoms with E-state index in [1.807, 2.05) is 12.3 Å². The molecule has 0 spiro atoms. The molecule has 0 aromatic heterocycles. The first kappa shape index (κ1) is 21.8. The molecule has 2 aromatic rings. The average molecular weight is 406 g/mol. The minimum atomic E-state index is -0.824. The van der Waals surface area contributed by atoms with E-state index in [0.717, 1.165) is 31.4 Å². The molecule has 1 aliphatic heterocycles. The highest BCUT2D eigenvalue weighted by Gasteiger charge is 2.17. The number of rotatable bonds is 9. The van der Waals surface area contributed by atoms with Crippen molar-refractivity contribution in [1.82, 2.24) is 4.90 Å². The lowest BCUT2D eigenvalue weighted by Crippen LogP contribution is -2.34. The molecule has 0 amide bonds. The molecule has 4 nitrogen and oxygen atoms in total. The Balaban J connectivity index is 1.78. The number of aliphatic carboxylic acids is 1. The molecule has 0 bridgehead atoms. The van der Waals surface area contributed by atoms with Crippen LogP contribution in [0.2, 0.25) is 0 Å². The molecule has 1 aliphatic rings. The highest BCUT2D eigenvalue weighted by atomic mass is 16.5. The number of hydrogen-bond donors (Lipinski definition) is 1. The predicted octanol–water partition coefficient (Wildman–Crippen LogP) is 4.93. The van der Waals surface area contributed by atoms with Gasteiger partial charge in [0.25, 0.3) is 0 Å². The lowest BCUT2D eigenvalue weighted by molar-refractivity contribution is -0.133. The monoisotopic (exact) mass is 405 g/mol. The second-order valence-corrected chi connectivity index (χ2v) is 7.52. The van der Waals surface area contributed by atoms with E-state index in [0.29, 0.717) is 25.3 Å². The molecule has 0 aliphatic carbocycles. The van der Waals surface area contributed by atoms with Crippen molar-refractivity contribution in [3.8, 4) is 0 Å². The topological polar surface area (TPSA) is 49.8 Å². The van der Waals surface area contributed by atoms with Crippen LogP contribution in [0.3, 0.4) is 0 Å². The molecule has 3 rings (SSSR count). The van der Waals surface area contributed by atoms with Crippen LogP contribution in [0, 0.1) is 0 Å². The second kappa shape index (κ2) is 10.8. The van der Waals surface area contributed by atoms with Crippen LogP contribution in [-0.4, -0.2) is 42.2 Å². The lowest BCUT2D eigenvalue weighted by Gasteiger charge is -2.25. The van der Waals surface area contributed by atoms with E-state index in [2.05, 4.69) is 67.3 Å². The quantitative estimate of drug-likeness (QED) is 0.474. The highest BCUT2D eigenvalue weighted by molar-refractivity contribution is 5.87. The van der Waals surface area contributed by atoms with E-state index in [4.69, 9.17) is 4.74 Å². The van der Waals surface area contributed by atoms with Crippen molar-refractivity contribution in [2.75, 3.05) is 26.2 Å². The van der Waals surface area contributed by atoms with Gasteiger partial charge < -0.3 is 9.84 Å². The van der Waals surface area contributed by atoms with Crippen molar-refractivity contribution in [2.45, 2.75) is 33.1 Å². The van der Waals surface area contributed by atoms with Gasteiger partial charge in [-0.3, -0.25) is 4.90 Å². The zero-order valence-electron chi connectivity index (χ0n) is 17.9.